The molecule has 1 saturated carbocycles. The van der Waals surface area contributed by atoms with E-state index in [4.69, 9.17) is 0 Å². The number of thioether (sulfide) groups is 1. The third-order valence-corrected chi connectivity index (χ3v) is 4.36. The summed E-state index contributed by atoms with van der Waals surface area (Å²) in [5.74, 6) is 2.11. The van der Waals surface area contributed by atoms with Gasteiger partial charge >= 0.3 is 0 Å². The third-order valence-electron chi connectivity index (χ3n) is 3.09. The minimum absolute atomic E-state index is 0.897. The standard InChI is InChI=1S/C11H19N3S/c1-14-9-12-13-11(14)15-8-10-6-4-2-3-5-7-10/h9-10H,2-8H2,1H3. The van der Waals surface area contributed by atoms with Crippen molar-refractivity contribution >= 4 is 11.8 Å². The molecule has 0 atom stereocenters. The molecule has 1 fully saturated rings. The van der Waals surface area contributed by atoms with E-state index in [-0.39, 0.29) is 0 Å². The molecule has 1 aliphatic carbocycles. The molecule has 0 radical (unpaired) electrons. The monoisotopic (exact) mass is 225 g/mol. The fourth-order valence-corrected chi connectivity index (χ4v) is 3.20. The van der Waals surface area contributed by atoms with Gasteiger partial charge in [0, 0.05) is 12.8 Å². The smallest absolute Gasteiger partial charge is 0.190 e. The zero-order valence-electron chi connectivity index (χ0n) is 9.35. The van der Waals surface area contributed by atoms with Crippen LogP contribution in [-0.4, -0.2) is 20.5 Å². The van der Waals surface area contributed by atoms with Gasteiger partial charge in [0.05, 0.1) is 0 Å². The fourth-order valence-electron chi connectivity index (χ4n) is 2.13. The van der Waals surface area contributed by atoms with Crippen molar-refractivity contribution in [3.8, 4) is 0 Å². The van der Waals surface area contributed by atoms with E-state index in [9.17, 15) is 0 Å². The Morgan fingerprint density at radius 2 is 2.07 bits per heavy atom. The summed E-state index contributed by atoms with van der Waals surface area (Å²) in [6.45, 7) is 0. The van der Waals surface area contributed by atoms with Crippen LogP contribution < -0.4 is 0 Å². The first-order valence-electron chi connectivity index (χ1n) is 5.83. The van der Waals surface area contributed by atoms with Crippen LogP contribution >= 0.6 is 11.8 Å². The number of hydrogen-bond acceptors (Lipinski definition) is 3. The van der Waals surface area contributed by atoms with Crippen molar-refractivity contribution in [2.24, 2.45) is 13.0 Å². The van der Waals surface area contributed by atoms with Crippen molar-refractivity contribution in [1.29, 1.82) is 0 Å². The van der Waals surface area contributed by atoms with Gasteiger partial charge in [-0.15, -0.1) is 10.2 Å². The van der Waals surface area contributed by atoms with Crippen LogP contribution in [-0.2, 0) is 7.05 Å². The molecule has 15 heavy (non-hydrogen) atoms. The highest BCUT2D eigenvalue weighted by molar-refractivity contribution is 7.99. The molecule has 84 valence electrons. The summed E-state index contributed by atoms with van der Waals surface area (Å²) in [6.07, 6.45) is 10.3. The van der Waals surface area contributed by atoms with Crippen LogP contribution in [0.2, 0.25) is 0 Å². The predicted molar refractivity (Wildman–Crippen MR) is 62.9 cm³/mol. The SMILES string of the molecule is Cn1cnnc1SCC1CCCCCC1. The van der Waals surface area contributed by atoms with E-state index in [0.29, 0.717) is 0 Å². The highest BCUT2D eigenvalue weighted by atomic mass is 32.2. The van der Waals surface area contributed by atoms with Gasteiger partial charge in [-0.25, -0.2) is 0 Å². The minimum atomic E-state index is 0.897. The van der Waals surface area contributed by atoms with Gasteiger partial charge in [0.25, 0.3) is 0 Å². The molecule has 0 unspecified atom stereocenters. The Labute approximate surface area is 95.7 Å². The molecule has 3 nitrogen and oxygen atoms in total. The van der Waals surface area contributed by atoms with Gasteiger partial charge in [0.1, 0.15) is 6.33 Å². The molecular formula is C11H19N3S. The van der Waals surface area contributed by atoms with Crippen molar-refractivity contribution in [2.75, 3.05) is 5.75 Å². The van der Waals surface area contributed by atoms with E-state index < -0.39 is 0 Å². The Hall–Kier alpha value is -0.510. The van der Waals surface area contributed by atoms with Crippen LogP contribution in [0, 0.1) is 5.92 Å². The van der Waals surface area contributed by atoms with Crippen LogP contribution in [0.1, 0.15) is 38.5 Å². The maximum atomic E-state index is 4.10. The van der Waals surface area contributed by atoms with E-state index in [1.165, 1.54) is 44.3 Å². The quantitative estimate of drug-likeness (QED) is 0.585. The Morgan fingerprint density at radius 3 is 2.67 bits per heavy atom. The molecule has 0 saturated heterocycles. The lowest BCUT2D eigenvalue weighted by Gasteiger charge is -2.12. The average molecular weight is 225 g/mol. The molecule has 2 rings (SSSR count). The molecule has 0 bridgehead atoms. The second-order valence-electron chi connectivity index (χ2n) is 4.39. The topological polar surface area (TPSA) is 30.7 Å². The van der Waals surface area contributed by atoms with Crippen LogP contribution in [0.3, 0.4) is 0 Å². The third kappa shape index (κ3) is 3.23. The van der Waals surface area contributed by atoms with E-state index in [1.807, 2.05) is 23.4 Å². The minimum Gasteiger partial charge on any atom is -0.312 e. The Balaban J connectivity index is 1.79. The summed E-state index contributed by atoms with van der Waals surface area (Å²) in [6, 6.07) is 0. The van der Waals surface area contributed by atoms with Gasteiger partial charge in [-0.05, 0) is 18.8 Å². The lowest BCUT2D eigenvalue weighted by molar-refractivity contribution is 0.512. The van der Waals surface area contributed by atoms with Crippen LogP contribution in [0.5, 0.6) is 0 Å². The molecule has 0 spiro atoms. The first-order valence-corrected chi connectivity index (χ1v) is 6.81. The number of nitrogens with zero attached hydrogens (tertiary/aromatic N) is 3. The Bertz CT molecular complexity index is 290. The van der Waals surface area contributed by atoms with Crippen LogP contribution in [0.4, 0.5) is 0 Å². The van der Waals surface area contributed by atoms with Crippen LogP contribution in [0.25, 0.3) is 0 Å². The second-order valence-corrected chi connectivity index (χ2v) is 5.38. The summed E-state index contributed by atoms with van der Waals surface area (Å²) in [5, 5.41) is 9.05. The van der Waals surface area contributed by atoms with Crippen molar-refractivity contribution in [1.82, 2.24) is 14.8 Å². The molecule has 0 N–H and O–H groups in total. The first-order chi connectivity index (χ1) is 7.36. The molecule has 0 aliphatic heterocycles. The van der Waals surface area contributed by atoms with Crippen molar-refractivity contribution in [3.05, 3.63) is 6.33 Å². The van der Waals surface area contributed by atoms with Gasteiger partial charge < -0.3 is 4.57 Å². The maximum Gasteiger partial charge on any atom is 0.190 e. The van der Waals surface area contributed by atoms with E-state index >= 15 is 0 Å². The molecule has 1 heterocycles. The molecule has 1 aliphatic rings. The predicted octanol–water partition coefficient (Wildman–Crippen LogP) is 2.88. The average Bonchev–Trinajstić information content (AvgIpc) is 2.53. The summed E-state index contributed by atoms with van der Waals surface area (Å²) >= 11 is 1.86. The number of aromatic nitrogens is 3. The molecule has 1 aromatic rings. The number of hydrogen-bond donors (Lipinski definition) is 0. The summed E-state index contributed by atoms with van der Waals surface area (Å²) < 4.78 is 2.00. The lowest BCUT2D eigenvalue weighted by Crippen LogP contribution is -2.03. The number of rotatable bonds is 3. The fraction of sp³-hybridized carbons (Fsp3) is 0.818. The normalized spacial score (nSPS) is 19.0. The highest BCUT2D eigenvalue weighted by Crippen LogP contribution is 2.28. The van der Waals surface area contributed by atoms with Gasteiger partial charge in [-0.3, -0.25) is 0 Å². The molecule has 1 aromatic heterocycles. The van der Waals surface area contributed by atoms with Gasteiger partial charge in [0.15, 0.2) is 5.16 Å². The largest absolute Gasteiger partial charge is 0.312 e. The van der Waals surface area contributed by atoms with Crippen molar-refractivity contribution in [3.63, 3.8) is 0 Å². The second kappa shape index (κ2) is 5.54. The van der Waals surface area contributed by atoms with Gasteiger partial charge in [-0.2, -0.15) is 0 Å². The molecule has 0 aromatic carbocycles. The zero-order chi connectivity index (χ0) is 10.5. The van der Waals surface area contributed by atoms with Crippen LogP contribution in [0.15, 0.2) is 11.5 Å². The Morgan fingerprint density at radius 1 is 1.33 bits per heavy atom. The molecular weight excluding hydrogens is 206 g/mol. The summed E-state index contributed by atoms with van der Waals surface area (Å²) in [5.41, 5.74) is 0. The van der Waals surface area contributed by atoms with Gasteiger partial charge in [-0.1, -0.05) is 37.4 Å². The van der Waals surface area contributed by atoms with Crippen molar-refractivity contribution < 1.29 is 0 Å². The molecule has 4 heteroatoms. The first kappa shape index (κ1) is 11.0. The van der Waals surface area contributed by atoms with E-state index in [1.54, 1.807) is 6.33 Å². The number of aryl methyl sites for hydroxylation is 1. The zero-order valence-corrected chi connectivity index (χ0v) is 10.2. The lowest BCUT2D eigenvalue weighted by atomic mass is 10.0. The van der Waals surface area contributed by atoms with E-state index in [0.717, 1.165) is 11.1 Å². The summed E-state index contributed by atoms with van der Waals surface area (Å²) in [4.78, 5) is 0. The van der Waals surface area contributed by atoms with E-state index in [2.05, 4.69) is 10.2 Å². The Kier molecular flexibility index (Phi) is 4.06. The highest BCUT2D eigenvalue weighted by Gasteiger charge is 2.13. The van der Waals surface area contributed by atoms with Gasteiger partial charge in [0.2, 0.25) is 0 Å². The van der Waals surface area contributed by atoms with Crippen molar-refractivity contribution in [2.45, 2.75) is 43.7 Å². The maximum absolute atomic E-state index is 4.10. The molecule has 0 amide bonds. The summed E-state index contributed by atoms with van der Waals surface area (Å²) in [7, 11) is 2.01.